The van der Waals surface area contributed by atoms with Gasteiger partial charge in [0, 0.05) is 19.3 Å². The van der Waals surface area contributed by atoms with Gasteiger partial charge in [0.1, 0.15) is 13.2 Å². The molecule has 6 nitrogen and oxygen atoms in total. The smallest absolute Gasteiger partial charge is 0.306 e. The third-order valence-corrected chi connectivity index (χ3v) is 14.9. The standard InChI is InChI=1S/C68H126O6/c1-4-7-10-13-16-19-22-25-27-29-30-31-32-33-34-35-36-37-38-40-41-43-46-49-52-55-58-61-67(70)73-64-65(63-72-66(69)60-57-54-51-48-45-24-21-18-15-12-9-6-3)74-68(71)62-59-56-53-50-47-44-42-39-28-26-23-20-17-14-11-8-5-2/h22,25-26,28-30,65H,4-21,23-24,27,31-64H2,1-3H3/b25-22-,28-26-,30-29-. The van der Waals surface area contributed by atoms with E-state index in [1.807, 2.05) is 0 Å². The zero-order valence-corrected chi connectivity index (χ0v) is 49.9. The van der Waals surface area contributed by atoms with Gasteiger partial charge in [0.05, 0.1) is 0 Å². The molecule has 0 saturated carbocycles. The van der Waals surface area contributed by atoms with E-state index >= 15 is 0 Å². The number of allylic oxidation sites excluding steroid dienone is 6. The fourth-order valence-corrected chi connectivity index (χ4v) is 9.88. The van der Waals surface area contributed by atoms with Crippen LogP contribution in [0.3, 0.4) is 0 Å². The molecule has 0 saturated heterocycles. The molecule has 0 rings (SSSR count). The number of hydrogen-bond acceptors (Lipinski definition) is 6. The normalized spacial score (nSPS) is 12.2. The lowest BCUT2D eigenvalue weighted by Gasteiger charge is -2.18. The summed E-state index contributed by atoms with van der Waals surface area (Å²) in [5.74, 6) is -0.850. The van der Waals surface area contributed by atoms with Gasteiger partial charge in [-0.1, -0.05) is 301 Å². The lowest BCUT2D eigenvalue weighted by Crippen LogP contribution is -2.30. The Kier molecular flexibility index (Phi) is 61.1. The van der Waals surface area contributed by atoms with E-state index in [1.165, 1.54) is 257 Å². The number of rotatable bonds is 61. The summed E-state index contributed by atoms with van der Waals surface area (Å²) >= 11 is 0. The van der Waals surface area contributed by atoms with Crippen LogP contribution in [0, 0.1) is 0 Å². The lowest BCUT2D eigenvalue weighted by molar-refractivity contribution is -0.167. The molecule has 1 unspecified atom stereocenters. The maximum Gasteiger partial charge on any atom is 0.306 e. The summed E-state index contributed by atoms with van der Waals surface area (Å²) < 4.78 is 16.9. The van der Waals surface area contributed by atoms with Crippen molar-refractivity contribution in [1.29, 1.82) is 0 Å². The van der Waals surface area contributed by atoms with Gasteiger partial charge in [-0.15, -0.1) is 0 Å². The van der Waals surface area contributed by atoms with Gasteiger partial charge in [0.2, 0.25) is 0 Å². The Morgan fingerprint density at radius 3 is 0.757 bits per heavy atom. The summed E-state index contributed by atoms with van der Waals surface area (Å²) in [5, 5.41) is 0. The van der Waals surface area contributed by atoms with Crippen molar-refractivity contribution < 1.29 is 28.6 Å². The fraction of sp³-hybridized carbons (Fsp3) is 0.868. The minimum Gasteiger partial charge on any atom is -0.462 e. The second kappa shape index (κ2) is 63.2. The highest BCUT2D eigenvalue weighted by Crippen LogP contribution is 2.17. The third-order valence-electron chi connectivity index (χ3n) is 14.9. The lowest BCUT2D eigenvalue weighted by atomic mass is 10.0. The molecule has 0 aromatic carbocycles. The average molecular weight is 1040 g/mol. The van der Waals surface area contributed by atoms with Gasteiger partial charge < -0.3 is 14.2 Å². The molecule has 0 spiro atoms. The number of carbonyl (C=O) groups excluding carboxylic acids is 3. The first-order valence-corrected chi connectivity index (χ1v) is 33.0. The number of hydrogen-bond donors (Lipinski definition) is 0. The van der Waals surface area contributed by atoms with Crippen LogP contribution in [0.1, 0.15) is 361 Å². The second-order valence-electron chi connectivity index (χ2n) is 22.4. The highest BCUT2D eigenvalue weighted by Gasteiger charge is 2.19. The van der Waals surface area contributed by atoms with Crippen LogP contribution < -0.4 is 0 Å². The zero-order chi connectivity index (χ0) is 53.6. The van der Waals surface area contributed by atoms with Gasteiger partial charge in [0.15, 0.2) is 6.10 Å². The minimum atomic E-state index is -0.771. The molecule has 0 N–H and O–H groups in total. The van der Waals surface area contributed by atoms with Crippen LogP contribution in [0.4, 0.5) is 0 Å². The van der Waals surface area contributed by atoms with Crippen molar-refractivity contribution in [2.45, 2.75) is 367 Å². The molecule has 0 aliphatic heterocycles. The molecule has 0 bridgehead atoms. The molecule has 6 heteroatoms. The van der Waals surface area contributed by atoms with Crippen LogP contribution in [0.5, 0.6) is 0 Å². The van der Waals surface area contributed by atoms with Crippen molar-refractivity contribution in [2.24, 2.45) is 0 Å². The van der Waals surface area contributed by atoms with Gasteiger partial charge in [-0.2, -0.15) is 0 Å². The summed E-state index contributed by atoms with van der Waals surface area (Å²) in [6.07, 6.45) is 77.3. The molecular formula is C68H126O6. The van der Waals surface area contributed by atoms with Crippen LogP contribution >= 0.6 is 0 Å². The highest BCUT2D eigenvalue weighted by atomic mass is 16.6. The molecule has 0 heterocycles. The number of unbranched alkanes of at least 4 members (excludes halogenated alkanes) is 44. The van der Waals surface area contributed by atoms with Crippen LogP contribution in [0.15, 0.2) is 36.5 Å². The van der Waals surface area contributed by atoms with Crippen molar-refractivity contribution >= 4 is 17.9 Å². The van der Waals surface area contributed by atoms with Crippen molar-refractivity contribution in [1.82, 2.24) is 0 Å². The van der Waals surface area contributed by atoms with E-state index in [0.717, 1.165) is 64.2 Å². The Labute approximate surface area is 461 Å². The molecule has 0 fully saturated rings. The molecule has 1 atom stereocenters. The Morgan fingerprint density at radius 2 is 0.486 bits per heavy atom. The predicted molar refractivity (Wildman–Crippen MR) is 321 cm³/mol. The SMILES string of the molecule is CCCCCCC/C=C\C/C=C\CCCCCCCCCCCCCCCCCC(=O)OCC(COC(=O)CCCCCCCCCCCCCC)OC(=O)CCCCCCCCC/C=C\CCCCCCCC. The van der Waals surface area contributed by atoms with Crippen molar-refractivity contribution in [3.8, 4) is 0 Å². The maximum atomic E-state index is 12.9. The molecule has 0 aliphatic carbocycles. The van der Waals surface area contributed by atoms with Crippen LogP contribution in [0.2, 0.25) is 0 Å². The Hall–Kier alpha value is -2.37. The monoisotopic (exact) mass is 1040 g/mol. The van der Waals surface area contributed by atoms with Crippen molar-refractivity contribution in [3.63, 3.8) is 0 Å². The Balaban J connectivity index is 4.20. The summed E-state index contributed by atoms with van der Waals surface area (Å²) in [6.45, 7) is 6.68. The topological polar surface area (TPSA) is 78.9 Å². The van der Waals surface area contributed by atoms with E-state index < -0.39 is 6.10 Å². The molecule has 0 radical (unpaired) electrons. The quantitative estimate of drug-likeness (QED) is 0.0261. The Bertz CT molecular complexity index is 1240. The van der Waals surface area contributed by atoms with E-state index in [0.29, 0.717) is 19.3 Å². The van der Waals surface area contributed by atoms with Crippen LogP contribution in [-0.2, 0) is 28.6 Å². The first-order chi connectivity index (χ1) is 36.5. The molecular weight excluding hydrogens is 913 g/mol. The molecule has 0 aromatic heterocycles. The summed E-state index contributed by atoms with van der Waals surface area (Å²) in [6, 6.07) is 0. The van der Waals surface area contributed by atoms with Gasteiger partial charge in [-0.25, -0.2) is 0 Å². The number of carbonyl (C=O) groups is 3. The zero-order valence-electron chi connectivity index (χ0n) is 49.9. The second-order valence-corrected chi connectivity index (χ2v) is 22.4. The molecule has 0 amide bonds. The van der Waals surface area contributed by atoms with E-state index in [-0.39, 0.29) is 31.1 Å². The van der Waals surface area contributed by atoms with Gasteiger partial charge >= 0.3 is 17.9 Å². The first-order valence-electron chi connectivity index (χ1n) is 33.0. The highest BCUT2D eigenvalue weighted by molar-refractivity contribution is 5.71. The largest absolute Gasteiger partial charge is 0.462 e. The minimum absolute atomic E-state index is 0.0688. The van der Waals surface area contributed by atoms with Gasteiger partial charge in [-0.3, -0.25) is 14.4 Å². The first kappa shape index (κ1) is 71.6. The molecule has 434 valence electrons. The van der Waals surface area contributed by atoms with Crippen molar-refractivity contribution in [3.05, 3.63) is 36.5 Å². The number of esters is 3. The maximum absolute atomic E-state index is 12.9. The van der Waals surface area contributed by atoms with Gasteiger partial charge in [-0.05, 0) is 77.0 Å². The van der Waals surface area contributed by atoms with E-state index in [2.05, 4.69) is 57.2 Å². The summed E-state index contributed by atoms with van der Waals surface area (Å²) in [5.41, 5.74) is 0. The average Bonchev–Trinajstić information content (AvgIpc) is 3.40. The van der Waals surface area contributed by atoms with Gasteiger partial charge in [0.25, 0.3) is 0 Å². The number of ether oxygens (including phenoxy) is 3. The van der Waals surface area contributed by atoms with Crippen molar-refractivity contribution in [2.75, 3.05) is 13.2 Å². The summed E-state index contributed by atoms with van der Waals surface area (Å²) in [4.78, 5) is 38.3. The fourth-order valence-electron chi connectivity index (χ4n) is 9.88. The van der Waals surface area contributed by atoms with E-state index in [4.69, 9.17) is 14.2 Å². The van der Waals surface area contributed by atoms with E-state index in [1.54, 1.807) is 0 Å². The van der Waals surface area contributed by atoms with E-state index in [9.17, 15) is 14.4 Å². The third kappa shape index (κ3) is 60.5. The van der Waals surface area contributed by atoms with Crippen LogP contribution in [-0.4, -0.2) is 37.2 Å². The van der Waals surface area contributed by atoms with Crippen LogP contribution in [0.25, 0.3) is 0 Å². The predicted octanol–water partition coefficient (Wildman–Crippen LogP) is 22.4. The Morgan fingerprint density at radius 1 is 0.270 bits per heavy atom. The molecule has 74 heavy (non-hydrogen) atoms. The molecule has 0 aliphatic rings. The summed E-state index contributed by atoms with van der Waals surface area (Å²) in [7, 11) is 0. The molecule has 0 aromatic rings.